The summed E-state index contributed by atoms with van der Waals surface area (Å²) in [5.41, 5.74) is 1.22. The van der Waals surface area contributed by atoms with Crippen LogP contribution in [-0.4, -0.2) is 19.0 Å². The summed E-state index contributed by atoms with van der Waals surface area (Å²) in [6, 6.07) is 10.5. The van der Waals surface area contributed by atoms with Crippen LogP contribution in [0, 0.1) is 11.8 Å². The van der Waals surface area contributed by atoms with Gasteiger partial charge < -0.3 is 10.6 Å². The average molecular weight is 302 g/mol. The molecule has 1 fully saturated rings. The molecule has 1 aromatic carbocycles. The SMILES string of the molecule is CCCC(NC(=O)CC(C)C1CCNCC1)c1ccccc1. The van der Waals surface area contributed by atoms with Crippen molar-refractivity contribution < 1.29 is 4.79 Å². The third-order valence-electron chi connectivity index (χ3n) is 4.81. The predicted octanol–water partition coefficient (Wildman–Crippen LogP) is 3.67. The van der Waals surface area contributed by atoms with Gasteiger partial charge in [-0.25, -0.2) is 0 Å². The second kappa shape index (κ2) is 8.94. The van der Waals surface area contributed by atoms with Crippen molar-refractivity contribution in [2.45, 2.75) is 52.0 Å². The Morgan fingerprint density at radius 1 is 1.27 bits per heavy atom. The summed E-state index contributed by atoms with van der Waals surface area (Å²) in [5.74, 6) is 1.36. The summed E-state index contributed by atoms with van der Waals surface area (Å²) in [4.78, 5) is 12.4. The molecular formula is C19H30N2O. The van der Waals surface area contributed by atoms with Gasteiger partial charge in [0.1, 0.15) is 0 Å². The summed E-state index contributed by atoms with van der Waals surface area (Å²) >= 11 is 0. The molecular weight excluding hydrogens is 272 g/mol. The molecule has 2 unspecified atom stereocenters. The van der Waals surface area contributed by atoms with Crippen molar-refractivity contribution in [3.63, 3.8) is 0 Å². The molecule has 1 amide bonds. The number of carbonyl (C=O) groups is 1. The fraction of sp³-hybridized carbons (Fsp3) is 0.632. The smallest absolute Gasteiger partial charge is 0.220 e. The Labute approximate surface area is 134 Å². The molecule has 1 aliphatic rings. The van der Waals surface area contributed by atoms with Crippen LogP contribution in [0.3, 0.4) is 0 Å². The van der Waals surface area contributed by atoms with Gasteiger partial charge in [-0.3, -0.25) is 4.79 Å². The van der Waals surface area contributed by atoms with E-state index in [1.165, 1.54) is 18.4 Å². The van der Waals surface area contributed by atoms with Crippen molar-refractivity contribution in [2.24, 2.45) is 11.8 Å². The number of hydrogen-bond donors (Lipinski definition) is 2. The monoisotopic (exact) mass is 302 g/mol. The van der Waals surface area contributed by atoms with Gasteiger partial charge in [0, 0.05) is 6.42 Å². The van der Waals surface area contributed by atoms with Gasteiger partial charge in [0.25, 0.3) is 0 Å². The lowest BCUT2D eigenvalue weighted by molar-refractivity contribution is -0.123. The second-order valence-electron chi connectivity index (χ2n) is 6.59. The lowest BCUT2D eigenvalue weighted by Crippen LogP contribution is -2.34. The van der Waals surface area contributed by atoms with E-state index < -0.39 is 0 Å². The number of carbonyl (C=O) groups excluding carboxylic acids is 1. The minimum atomic E-state index is 0.152. The highest BCUT2D eigenvalue weighted by Crippen LogP contribution is 2.25. The molecule has 0 radical (unpaired) electrons. The summed E-state index contributed by atoms with van der Waals surface area (Å²) < 4.78 is 0. The van der Waals surface area contributed by atoms with Crippen LogP contribution >= 0.6 is 0 Å². The standard InChI is InChI=1S/C19H30N2O/c1-3-7-18(17-8-5-4-6-9-17)21-19(22)14-15(2)16-10-12-20-13-11-16/h4-6,8-9,15-16,18,20H,3,7,10-14H2,1-2H3,(H,21,22). The number of hydrogen-bond acceptors (Lipinski definition) is 2. The van der Waals surface area contributed by atoms with E-state index in [2.05, 4.69) is 36.6 Å². The van der Waals surface area contributed by atoms with Crippen molar-refractivity contribution in [3.8, 4) is 0 Å². The Kier molecular flexibility index (Phi) is 6.91. The Hall–Kier alpha value is -1.35. The summed E-state index contributed by atoms with van der Waals surface area (Å²) in [6.07, 6.45) is 5.12. The van der Waals surface area contributed by atoms with Crippen molar-refractivity contribution in [1.82, 2.24) is 10.6 Å². The zero-order valence-corrected chi connectivity index (χ0v) is 14.0. The van der Waals surface area contributed by atoms with E-state index in [1.807, 2.05) is 18.2 Å². The lowest BCUT2D eigenvalue weighted by Gasteiger charge is -2.28. The van der Waals surface area contributed by atoms with Crippen LogP contribution in [0.5, 0.6) is 0 Å². The van der Waals surface area contributed by atoms with Crippen molar-refractivity contribution >= 4 is 5.91 Å². The van der Waals surface area contributed by atoms with Crippen molar-refractivity contribution in [2.75, 3.05) is 13.1 Å². The quantitative estimate of drug-likeness (QED) is 0.807. The fourth-order valence-electron chi connectivity index (χ4n) is 3.42. The van der Waals surface area contributed by atoms with Crippen LogP contribution in [0.2, 0.25) is 0 Å². The Morgan fingerprint density at radius 2 is 1.95 bits per heavy atom. The third kappa shape index (κ3) is 5.13. The highest BCUT2D eigenvalue weighted by atomic mass is 16.1. The summed E-state index contributed by atoms with van der Waals surface area (Å²) in [7, 11) is 0. The molecule has 22 heavy (non-hydrogen) atoms. The zero-order valence-electron chi connectivity index (χ0n) is 14.0. The van der Waals surface area contributed by atoms with Crippen molar-refractivity contribution in [3.05, 3.63) is 35.9 Å². The van der Waals surface area contributed by atoms with E-state index >= 15 is 0 Å². The van der Waals surface area contributed by atoms with E-state index in [9.17, 15) is 4.79 Å². The first-order valence-corrected chi connectivity index (χ1v) is 8.75. The maximum absolute atomic E-state index is 12.4. The summed E-state index contributed by atoms with van der Waals surface area (Å²) in [6.45, 7) is 6.59. The molecule has 2 rings (SSSR count). The number of amides is 1. The highest BCUT2D eigenvalue weighted by Gasteiger charge is 2.23. The largest absolute Gasteiger partial charge is 0.349 e. The van der Waals surface area contributed by atoms with Gasteiger partial charge in [0.2, 0.25) is 5.91 Å². The normalized spacial score (nSPS) is 18.6. The number of rotatable bonds is 7. The number of piperidine rings is 1. The predicted molar refractivity (Wildman–Crippen MR) is 91.6 cm³/mol. The molecule has 1 aliphatic heterocycles. The highest BCUT2D eigenvalue weighted by molar-refractivity contribution is 5.76. The molecule has 0 aliphatic carbocycles. The van der Waals surface area contributed by atoms with E-state index in [-0.39, 0.29) is 11.9 Å². The molecule has 1 aromatic rings. The van der Waals surface area contributed by atoms with Gasteiger partial charge in [-0.15, -0.1) is 0 Å². The Morgan fingerprint density at radius 3 is 2.59 bits per heavy atom. The maximum Gasteiger partial charge on any atom is 0.220 e. The summed E-state index contributed by atoms with van der Waals surface area (Å²) in [5, 5.41) is 6.64. The minimum Gasteiger partial charge on any atom is -0.349 e. The molecule has 3 heteroatoms. The first-order chi connectivity index (χ1) is 10.7. The van der Waals surface area contributed by atoms with Crippen LogP contribution in [-0.2, 0) is 4.79 Å². The van der Waals surface area contributed by atoms with E-state index in [4.69, 9.17) is 0 Å². The van der Waals surface area contributed by atoms with Crippen LogP contribution in [0.4, 0.5) is 0 Å². The first kappa shape index (κ1) is 17.0. The van der Waals surface area contributed by atoms with Crippen LogP contribution in [0.15, 0.2) is 30.3 Å². The minimum absolute atomic E-state index is 0.152. The van der Waals surface area contributed by atoms with Gasteiger partial charge in [0.15, 0.2) is 0 Å². The van der Waals surface area contributed by atoms with Gasteiger partial charge in [-0.05, 0) is 49.8 Å². The Balaban J connectivity index is 1.87. The van der Waals surface area contributed by atoms with E-state index in [0.29, 0.717) is 18.3 Å². The third-order valence-corrected chi connectivity index (χ3v) is 4.81. The molecule has 0 saturated carbocycles. The first-order valence-electron chi connectivity index (χ1n) is 8.75. The van der Waals surface area contributed by atoms with Crippen LogP contribution < -0.4 is 10.6 Å². The van der Waals surface area contributed by atoms with Gasteiger partial charge in [-0.1, -0.05) is 50.6 Å². The molecule has 1 heterocycles. The number of benzene rings is 1. The zero-order chi connectivity index (χ0) is 15.8. The van der Waals surface area contributed by atoms with Gasteiger partial charge >= 0.3 is 0 Å². The molecule has 2 N–H and O–H groups in total. The van der Waals surface area contributed by atoms with Crippen LogP contribution in [0.1, 0.15) is 57.6 Å². The average Bonchev–Trinajstić information content (AvgIpc) is 2.56. The fourth-order valence-corrected chi connectivity index (χ4v) is 3.42. The molecule has 1 saturated heterocycles. The van der Waals surface area contributed by atoms with Crippen LogP contribution in [0.25, 0.3) is 0 Å². The topological polar surface area (TPSA) is 41.1 Å². The molecule has 3 nitrogen and oxygen atoms in total. The maximum atomic E-state index is 12.4. The number of nitrogens with one attached hydrogen (secondary N) is 2. The van der Waals surface area contributed by atoms with E-state index in [0.717, 1.165) is 25.9 Å². The van der Waals surface area contributed by atoms with Gasteiger partial charge in [-0.2, -0.15) is 0 Å². The van der Waals surface area contributed by atoms with Gasteiger partial charge in [0.05, 0.1) is 6.04 Å². The molecule has 122 valence electrons. The molecule has 0 bridgehead atoms. The lowest BCUT2D eigenvalue weighted by atomic mass is 9.84. The molecule has 0 spiro atoms. The second-order valence-corrected chi connectivity index (χ2v) is 6.59. The Bertz CT molecular complexity index is 440. The van der Waals surface area contributed by atoms with E-state index in [1.54, 1.807) is 0 Å². The molecule has 2 atom stereocenters. The molecule has 0 aromatic heterocycles. The van der Waals surface area contributed by atoms with Crippen molar-refractivity contribution in [1.29, 1.82) is 0 Å².